The van der Waals surface area contributed by atoms with Gasteiger partial charge in [-0.2, -0.15) is 0 Å². The SMILES string of the molecule is CCOCC(NCC(=O)N(CC)CC)C(C)C. The number of carbonyl (C=O) groups excluding carboxylic acids is 1. The van der Waals surface area contributed by atoms with Gasteiger partial charge >= 0.3 is 0 Å². The summed E-state index contributed by atoms with van der Waals surface area (Å²) in [5, 5.41) is 3.29. The first-order valence-corrected chi connectivity index (χ1v) is 6.65. The van der Waals surface area contributed by atoms with Gasteiger partial charge in [-0.15, -0.1) is 0 Å². The molecule has 4 nitrogen and oxygen atoms in total. The van der Waals surface area contributed by atoms with Crippen molar-refractivity contribution < 1.29 is 9.53 Å². The minimum Gasteiger partial charge on any atom is -0.380 e. The van der Waals surface area contributed by atoms with Gasteiger partial charge < -0.3 is 15.0 Å². The average Bonchev–Trinajstić information content (AvgIpc) is 2.30. The Morgan fingerprint density at radius 3 is 2.24 bits per heavy atom. The van der Waals surface area contributed by atoms with E-state index >= 15 is 0 Å². The fourth-order valence-electron chi connectivity index (χ4n) is 1.64. The van der Waals surface area contributed by atoms with Gasteiger partial charge in [0.15, 0.2) is 0 Å². The van der Waals surface area contributed by atoms with Gasteiger partial charge in [-0.05, 0) is 26.7 Å². The molecular weight excluding hydrogens is 216 g/mol. The molecule has 1 amide bonds. The highest BCUT2D eigenvalue weighted by Crippen LogP contribution is 2.02. The first-order valence-electron chi connectivity index (χ1n) is 6.65. The van der Waals surface area contributed by atoms with Crippen LogP contribution in [0.4, 0.5) is 0 Å². The van der Waals surface area contributed by atoms with Crippen molar-refractivity contribution in [3.05, 3.63) is 0 Å². The van der Waals surface area contributed by atoms with Crippen LogP contribution in [0.5, 0.6) is 0 Å². The minimum atomic E-state index is 0.164. The van der Waals surface area contributed by atoms with E-state index in [2.05, 4.69) is 19.2 Å². The van der Waals surface area contributed by atoms with Crippen LogP contribution in [0, 0.1) is 5.92 Å². The van der Waals surface area contributed by atoms with Gasteiger partial charge in [0.05, 0.1) is 13.2 Å². The van der Waals surface area contributed by atoms with Crippen LogP contribution in [0.15, 0.2) is 0 Å². The molecule has 0 aliphatic carbocycles. The lowest BCUT2D eigenvalue weighted by Gasteiger charge is -2.24. The summed E-state index contributed by atoms with van der Waals surface area (Å²) in [5.74, 6) is 0.628. The largest absolute Gasteiger partial charge is 0.380 e. The van der Waals surface area contributed by atoms with E-state index in [-0.39, 0.29) is 11.9 Å². The second-order valence-electron chi connectivity index (χ2n) is 4.46. The lowest BCUT2D eigenvalue weighted by Crippen LogP contribution is -2.45. The van der Waals surface area contributed by atoms with E-state index in [0.29, 0.717) is 19.1 Å². The molecule has 0 rings (SSSR count). The van der Waals surface area contributed by atoms with E-state index in [1.807, 2.05) is 25.7 Å². The van der Waals surface area contributed by atoms with E-state index in [9.17, 15) is 4.79 Å². The summed E-state index contributed by atoms with van der Waals surface area (Å²) >= 11 is 0. The van der Waals surface area contributed by atoms with Crippen molar-refractivity contribution in [1.82, 2.24) is 10.2 Å². The van der Waals surface area contributed by atoms with Crippen molar-refractivity contribution >= 4 is 5.91 Å². The third-order valence-electron chi connectivity index (χ3n) is 2.94. The van der Waals surface area contributed by atoms with E-state index in [4.69, 9.17) is 4.74 Å². The number of likely N-dealkylation sites (N-methyl/N-ethyl adjacent to an activating group) is 1. The monoisotopic (exact) mass is 244 g/mol. The zero-order chi connectivity index (χ0) is 13.3. The minimum absolute atomic E-state index is 0.164. The number of hydrogen-bond acceptors (Lipinski definition) is 3. The van der Waals surface area contributed by atoms with Crippen LogP contribution in [0.2, 0.25) is 0 Å². The van der Waals surface area contributed by atoms with Crippen LogP contribution in [0.3, 0.4) is 0 Å². The Balaban J connectivity index is 4.06. The van der Waals surface area contributed by atoms with Gasteiger partial charge in [0, 0.05) is 25.7 Å². The maximum Gasteiger partial charge on any atom is 0.236 e. The highest BCUT2D eigenvalue weighted by molar-refractivity contribution is 5.78. The third-order valence-corrected chi connectivity index (χ3v) is 2.94. The molecule has 0 aromatic carbocycles. The number of carbonyl (C=O) groups is 1. The van der Waals surface area contributed by atoms with Crippen molar-refractivity contribution in [1.29, 1.82) is 0 Å². The topological polar surface area (TPSA) is 41.6 Å². The molecule has 0 spiro atoms. The van der Waals surface area contributed by atoms with Gasteiger partial charge in [0.2, 0.25) is 5.91 Å². The van der Waals surface area contributed by atoms with Gasteiger partial charge in [0.25, 0.3) is 0 Å². The Morgan fingerprint density at radius 1 is 1.24 bits per heavy atom. The van der Waals surface area contributed by atoms with Crippen LogP contribution in [-0.2, 0) is 9.53 Å². The van der Waals surface area contributed by atoms with Crippen molar-refractivity contribution in [3.63, 3.8) is 0 Å². The maximum absolute atomic E-state index is 11.8. The predicted molar refractivity (Wildman–Crippen MR) is 71.0 cm³/mol. The van der Waals surface area contributed by atoms with Gasteiger partial charge in [-0.1, -0.05) is 13.8 Å². The van der Waals surface area contributed by atoms with Crippen molar-refractivity contribution in [2.24, 2.45) is 5.92 Å². The molecule has 0 aromatic heterocycles. The normalized spacial score (nSPS) is 12.8. The molecular formula is C13H28N2O2. The van der Waals surface area contributed by atoms with Gasteiger partial charge in [-0.25, -0.2) is 0 Å². The van der Waals surface area contributed by atoms with E-state index in [1.165, 1.54) is 0 Å². The first-order chi connectivity index (χ1) is 8.06. The van der Waals surface area contributed by atoms with Crippen LogP contribution >= 0.6 is 0 Å². The Kier molecular flexibility index (Phi) is 9.09. The van der Waals surface area contributed by atoms with E-state index in [1.54, 1.807) is 0 Å². The van der Waals surface area contributed by atoms with Crippen LogP contribution in [-0.4, -0.2) is 49.7 Å². The number of nitrogens with zero attached hydrogens (tertiary/aromatic N) is 1. The molecule has 1 unspecified atom stereocenters. The molecule has 1 atom stereocenters. The molecule has 0 radical (unpaired) electrons. The smallest absolute Gasteiger partial charge is 0.236 e. The average molecular weight is 244 g/mol. The third kappa shape index (κ3) is 6.64. The van der Waals surface area contributed by atoms with E-state index in [0.717, 1.165) is 19.7 Å². The summed E-state index contributed by atoms with van der Waals surface area (Å²) in [7, 11) is 0. The number of rotatable bonds is 9. The van der Waals surface area contributed by atoms with Crippen molar-refractivity contribution in [2.45, 2.75) is 40.7 Å². The highest BCUT2D eigenvalue weighted by atomic mass is 16.5. The Labute approximate surface area is 106 Å². The Bertz CT molecular complexity index is 204. The lowest BCUT2D eigenvalue weighted by atomic mass is 10.1. The zero-order valence-electron chi connectivity index (χ0n) is 12.0. The molecule has 4 heteroatoms. The summed E-state index contributed by atoms with van der Waals surface area (Å²) in [6.45, 7) is 13.6. The van der Waals surface area contributed by atoms with Crippen LogP contribution < -0.4 is 5.32 Å². The molecule has 1 N–H and O–H groups in total. The summed E-state index contributed by atoms with van der Waals surface area (Å²) in [4.78, 5) is 13.7. The Hall–Kier alpha value is -0.610. The standard InChI is InChI=1S/C13H28N2O2/c1-6-15(7-2)13(16)9-14-12(11(4)5)10-17-8-3/h11-12,14H,6-10H2,1-5H3. The quantitative estimate of drug-likeness (QED) is 0.668. The highest BCUT2D eigenvalue weighted by Gasteiger charge is 2.16. The fourth-order valence-corrected chi connectivity index (χ4v) is 1.64. The van der Waals surface area contributed by atoms with E-state index < -0.39 is 0 Å². The van der Waals surface area contributed by atoms with Crippen molar-refractivity contribution in [2.75, 3.05) is 32.8 Å². The summed E-state index contributed by atoms with van der Waals surface area (Å²) < 4.78 is 5.41. The fraction of sp³-hybridized carbons (Fsp3) is 0.923. The summed E-state index contributed by atoms with van der Waals surface area (Å²) in [6.07, 6.45) is 0. The molecule has 0 heterocycles. The first kappa shape index (κ1) is 16.4. The number of nitrogens with one attached hydrogen (secondary N) is 1. The summed E-state index contributed by atoms with van der Waals surface area (Å²) in [6, 6.07) is 0.245. The number of hydrogen-bond donors (Lipinski definition) is 1. The molecule has 0 aromatic rings. The molecule has 102 valence electrons. The van der Waals surface area contributed by atoms with Crippen LogP contribution in [0.1, 0.15) is 34.6 Å². The molecule has 0 saturated heterocycles. The molecule has 0 aliphatic heterocycles. The zero-order valence-corrected chi connectivity index (χ0v) is 12.0. The van der Waals surface area contributed by atoms with Crippen molar-refractivity contribution in [3.8, 4) is 0 Å². The Morgan fingerprint density at radius 2 is 1.82 bits per heavy atom. The number of ether oxygens (including phenoxy) is 1. The maximum atomic E-state index is 11.8. The molecule has 0 aliphatic rings. The molecule has 0 saturated carbocycles. The molecule has 17 heavy (non-hydrogen) atoms. The second-order valence-corrected chi connectivity index (χ2v) is 4.46. The molecule has 0 bridgehead atoms. The molecule has 0 fully saturated rings. The second kappa shape index (κ2) is 9.42. The van der Waals surface area contributed by atoms with Crippen LogP contribution in [0.25, 0.3) is 0 Å². The number of amides is 1. The lowest BCUT2D eigenvalue weighted by molar-refractivity contribution is -0.130. The van der Waals surface area contributed by atoms with Gasteiger partial charge in [0.1, 0.15) is 0 Å². The predicted octanol–water partition coefficient (Wildman–Crippen LogP) is 1.51. The van der Waals surface area contributed by atoms with Gasteiger partial charge in [-0.3, -0.25) is 4.79 Å². The summed E-state index contributed by atoms with van der Waals surface area (Å²) in [5.41, 5.74) is 0.